The molecule has 1 fully saturated rings. The second kappa shape index (κ2) is 9.63. The van der Waals surface area contributed by atoms with E-state index in [4.69, 9.17) is 14.6 Å². The molecule has 1 aromatic heterocycles. The summed E-state index contributed by atoms with van der Waals surface area (Å²) in [4.78, 5) is 25.4. The van der Waals surface area contributed by atoms with Crippen LogP contribution in [-0.4, -0.2) is 48.0 Å². The number of ether oxygens (including phenoxy) is 2. The third-order valence-electron chi connectivity index (χ3n) is 6.80. The van der Waals surface area contributed by atoms with E-state index < -0.39 is 5.97 Å². The molecule has 4 rings (SSSR count). The van der Waals surface area contributed by atoms with Crippen LogP contribution in [0.15, 0.2) is 18.2 Å². The third-order valence-corrected chi connectivity index (χ3v) is 6.80. The van der Waals surface area contributed by atoms with Crippen molar-refractivity contribution in [3.63, 3.8) is 0 Å². The molecule has 178 valence electrons. The zero-order valence-corrected chi connectivity index (χ0v) is 19.6. The van der Waals surface area contributed by atoms with Crippen molar-refractivity contribution in [1.82, 2.24) is 15.1 Å². The Kier molecular flexibility index (Phi) is 6.83. The summed E-state index contributed by atoms with van der Waals surface area (Å²) in [6.45, 7) is 8.49. The smallest absolute Gasteiger partial charge is 0.338 e. The maximum absolute atomic E-state index is 13.3. The minimum Gasteiger partial charge on any atom is -0.462 e. The van der Waals surface area contributed by atoms with Crippen LogP contribution in [-0.2, 0) is 28.9 Å². The fraction of sp³-hybridized carbons (Fsp3) is 0.560. The number of rotatable bonds is 6. The Hall–Kier alpha value is -2.74. The molecule has 1 spiro atoms. The van der Waals surface area contributed by atoms with Gasteiger partial charge in [-0.15, -0.1) is 0 Å². The van der Waals surface area contributed by atoms with Crippen molar-refractivity contribution in [3.05, 3.63) is 52.1 Å². The second-order valence-corrected chi connectivity index (χ2v) is 9.44. The van der Waals surface area contributed by atoms with Gasteiger partial charge >= 0.3 is 5.97 Å². The Morgan fingerprint density at radius 2 is 2.12 bits per heavy atom. The van der Waals surface area contributed by atoms with E-state index in [9.17, 15) is 14.0 Å². The lowest BCUT2D eigenvalue weighted by atomic mass is 9.76. The summed E-state index contributed by atoms with van der Waals surface area (Å²) in [5, 5.41) is 7.90. The quantitative estimate of drug-likeness (QED) is 0.672. The number of amides is 1. The highest BCUT2D eigenvalue weighted by Crippen LogP contribution is 2.37. The predicted molar refractivity (Wildman–Crippen MR) is 121 cm³/mol. The van der Waals surface area contributed by atoms with Crippen LogP contribution in [0, 0.1) is 24.1 Å². The van der Waals surface area contributed by atoms with Gasteiger partial charge in [0.1, 0.15) is 5.82 Å². The van der Waals surface area contributed by atoms with Gasteiger partial charge in [0.2, 0.25) is 0 Å². The summed E-state index contributed by atoms with van der Waals surface area (Å²) in [6, 6.07) is 4.03. The number of fused-ring (bicyclic) bond motifs is 1. The first kappa shape index (κ1) is 23.4. The van der Waals surface area contributed by atoms with Crippen LogP contribution in [0.3, 0.4) is 0 Å². The van der Waals surface area contributed by atoms with Crippen molar-refractivity contribution in [2.45, 2.75) is 53.0 Å². The molecular weight excluding hydrogens is 425 g/mol. The van der Waals surface area contributed by atoms with Crippen LogP contribution in [0.5, 0.6) is 0 Å². The number of esters is 1. The third kappa shape index (κ3) is 4.95. The Morgan fingerprint density at radius 1 is 1.36 bits per heavy atom. The van der Waals surface area contributed by atoms with E-state index in [1.165, 1.54) is 18.2 Å². The first-order valence-electron chi connectivity index (χ1n) is 11.7. The standard InChI is InChI=1S/C25H32FN3O4/c1-4-20-22-21(12-25(15-27-23(22)30)7-9-32-10-8-25)29(28-20)13-16(2)14-33-24(31)19-6-5-18(26)11-17(19)3/h5-6,11,16H,4,7-10,12-15H2,1-3H3,(H,27,30)/t16-/m1/s1. The van der Waals surface area contributed by atoms with E-state index in [2.05, 4.69) is 5.32 Å². The fourth-order valence-electron chi connectivity index (χ4n) is 4.82. The van der Waals surface area contributed by atoms with E-state index in [-0.39, 0.29) is 29.7 Å². The predicted octanol–water partition coefficient (Wildman–Crippen LogP) is 3.47. The minimum absolute atomic E-state index is 0.0136. The second-order valence-electron chi connectivity index (χ2n) is 9.44. The van der Waals surface area contributed by atoms with Gasteiger partial charge < -0.3 is 14.8 Å². The van der Waals surface area contributed by atoms with Crippen LogP contribution in [0.2, 0.25) is 0 Å². The fourth-order valence-corrected chi connectivity index (χ4v) is 4.82. The molecule has 2 aliphatic rings. The molecule has 0 aliphatic carbocycles. The maximum Gasteiger partial charge on any atom is 0.338 e. The number of carbonyl (C=O) groups is 2. The monoisotopic (exact) mass is 457 g/mol. The minimum atomic E-state index is -0.464. The number of nitrogens with zero attached hydrogens (tertiary/aromatic N) is 2. The van der Waals surface area contributed by atoms with Gasteiger partial charge in [-0.1, -0.05) is 13.8 Å². The molecule has 2 aliphatic heterocycles. The molecular formula is C25H32FN3O4. The number of benzene rings is 1. The lowest BCUT2D eigenvalue weighted by molar-refractivity contribution is 0.0151. The van der Waals surface area contributed by atoms with Crippen LogP contribution in [0.1, 0.15) is 64.4 Å². The highest BCUT2D eigenvalue weighted by molar-refractivity contribution is 5.97. The highest BCUT2D eigenvalue weighted by atomic mass is 19.1. The van der Waals surface area contributed by atoms with E-state index in [1.807, 2.05) is 18.5 Å². The topological polar surface area (TPSA) is 82.5 Å². The Morgan fingerprint density at radius 3 is 2.82 bits per heavy atom. The van der Waals surface area contributed by atoms with Crippen molar-refractivity contribution < 1.29 is 23.5 Å². The van der Waals surface area contributed by atoms with Gasteiger partial charge in [0, 0.05) is 32.2 Å². The number of carbonyl (C=O) groups excluding carboxylic acids is 2. The van der Waals surface area contributed by atoms with Crippen molar-refractivity contribution in [1.29, 1.82) is 0 Å². The number of nitrogens with one attached hydrogen (secondary N) is 1. The summed E-state index contributed by atoms with van der Waals surface area (Å²) < 4.78 is 26.4. The van der Waals surface area contributed by atoms with E-state index >= 15 is 0 Å². The van der Waals surface area contributed by atoms with Crippen LogP contribution in [0.4, 0.5) is 4.39 Å². The SMILES string of the molecule is CCc1nn(C[C@@H](C)COC(=O)c2ccc(F)cc2C)c2c1C(=O)NCC1(CCOCC1)C2. The van der Waals surface area contributed by atoms with Gasteiger partial charge in [-0.2, -0.15) is 5.10 Å². The summed E-state index contributed by atoms with van der Waals surface area (Å²) in [7, 11) is 0. The molecule has 0 radical (unpaired) electrons. The summed E-state index contributed by atoms with van der Waals surface area (Å²) in [5.74, 6) is -0.911. The molecule has 1 saturated heterocycles. The number of hydrogen-bond acceptors (Lipinski definition) is 5. The molecule has 0 bridgehead atoms. The number of halogens is 1. The summed E-state index contributed by atoms with van der Waals surface area (Å²) in [5.41, 5.74) is 3.37. The molecule has 0 unspecified atom stereocenters. The maximum atomic E-state index is 13.3. The number of aryl methyl sites for hydroxylation is 2. The normalized spacial score (nSPS) is 18.4. The molecule has 1 aromatic carbocycles. The van der Waals surface area contributed by atoms with Gasteiger partial charge in [-0.05, 0) is 61.8 Å². The van der Waals surface area contributed by atoms with Crippen LogP contribution < -0.4 is 5.32 Å². The molecule has 7 nitrogen and oxygen atoms in total. The zero-order chi connectivity index (χ0) is 23.6. The zero-order valence-electron chi connectivity index (χ0n) is 19.6. The lowest BCUT2D eigenvalue weighted by Gasteiger charge is -2.36. The van der Waals surface area contributed by atoms with Crippen molar-refractivity contribution >= 4 is 11.9 Å². The molecule has 0 saturated carbocycles. The molecule has 1 amide bonds. The van der Waals surface area contributed by atoms with Gasteiger partial charge in [0.15, 0.2) is 0 Å². The lowest BCUT2D eigenvalue weighted by Crippen LogP contribution is -2.41. The molecule has 8 heteroatoms. The molecule has 2 aromatic rings. The van der Waals surface area contributed by atoms with Crippen LogP contribution >= 0.6 is 0 Å². The molecule has 1 atom stereocenters. The van der Waals surface area contributed by atoms with Gasteiger partial charge in [-0.25, -0.2) is 9.18 Å². The van der Waals surface area contributed by atoms with Crippen molar-refractivity contribution in [3.8, 4) is 0 Å². The van der Waals surface area contributed by atoms with Gasteiger partial charge in [0.25, 0.3) is 5.91 Å². The van der Waals surface area contributed by atoms with E-state index in [0.29, 0.717) is 49.4 Å². The van der Waals surface area contributed by atoms with Crippen molar-refractivity contribution in [2.24, 2.45) is 11.3 Å². The van der Waals surface area contributed by atoms with Gasteiger partial charge in [0.05, 0.1) is 29.1 Å². The molecule has 3 heterocycles. The van der Waals surface area contributed by atoms with Crippen molar-refractivity contribution in [2.75, 3.05) is 26.4 Å². The van der Waals surface area contributed by atoms with E-state index in [1.54, 1.807) is 6.92 Å². The number of hydrogen-bond donors (Lipinski definition) is 1. The largest absolute Gasteiger partial charge is 0.462 e. The Bertz CT molecular complexity index is 1040. The molecule has 1 N–H and O–H groups in total. The summed E-state index contributed by atoms with van der Waals surface area (Å²) >= 11 is 0. The number of aromatic nitrogens is 2. The van der Waals surface area contributed by atoms with Crippen LogP contribution in [0.25, 0.3) is 0 Å². The average molecular weight is 458 g/mol. The first-order chi connectivity index (χ1) is 15.8. The Balaban J connectivity index is 1.50. The highest BCUT2D eigenvalue weighted by Gasteiger charge is 2.39. The van der Waals surface area contributed by atoms with E-state index in [0.717, 1.165) is 30.7 Å². The Labute approximate surface area is 193 Å². The summed E-state index contributed by atoms with van der Waals surface area (Å²) in [6.07, 6.45) is 3.26. The molecule has 33 heavy (non-hydrogen) atoms. The average Bonchev–Trinajstić information content (AvgIpc) is 3.06. The first-order valence-corrected chi connectivity index (χ1v) is 11.7. The van der Waals surface area contributed by atoms with Gasteiger partial charge in [-0.3, -0.25) is 9.48 Å².